The first kappa shape index (κ1) is 18.0. The molecule has 1 aromatic rings. The van der Waals surface area contributed by atoms with Crippen LogP contribution in [0.1, 0.15) is 51.3 Å². The molecule has 0 atom stereocenters. The number of rotatable bonds is 1. The minimum Gasteiger partial charge on any atom is -0.444 e. The van der Waals surface area contributed by atoms with E-state index in [-0.39, 0.29) is 11.5 Å². The number of hydrogen-bond donors (Lipinski definition) is 0. The number of anilines is 1. The van der Waals surface area contributed by atoms with E-state index in [2.05, 4.69) is 28.1 Å². The maximum Gasteiger partial charge on any atom is 0.410 e. The zero-order chi connectivity index (χ0) is 18.2. The molecular formula is C19H30N4O2. The Labute approximate surface area is 150 Å². The first-order chi connectivity index (χ1) is 11.7. The van der Waals surface area contributed by atoms with Crippen LogP contribution in [-0.2, 0) is 4.74 Å². The fraction of sp³-hybridized carbons (Fsp3) is 0.737. The number of ether oxygens (including phenoxy) is 1. The van der Waals surface area contributed by atoms with Gasteiger partial charge in [-0.25, -0.2) is 4.79 Å². The molecule has 6 nitrogen and oxygen atoms in total. The smallest absolute Gasteiger partial charge is 0.410 e. The molecule has 2 aliphatic heterocycles. The lowest BCUT2D eigenvalue weighted by molar-refractivity contribution is 0.0122. The predicted molar refractivity (Wildman–Crippen MR) is 97.8 cm³/mol. The van der Waals surface area contributed by atoms with Crippen LogP contribution in [0, 0.1) is 19.3 Å². The third-order valence-corrected chi connectivity index (χ3v) is 5.29. The lowest BCUT2D eigenvalue weighted by Crippen LogP contribution is -2.46. The van der Waals surface area contributed by atoms with Gasteiger partial charge in [-0.3, -0.25) is 0 Å². The van der Waals surface area contributed by atoms with Crippen LogP contribution in [-0.4, -0.2) is 53.0 Å². The second kappa shape index (κ2) is 6.46. The van der Waals surface area contributed by atoms with Crippen molar-refractivity contribution >= 4 is 11.9 Å². The second-order valence-corrected chi connectivity index (χ2v) is 8.63. The lowest BCUT2D eigenvalue weighted by Gasteiger charge is -2.39. The summed E-state index contributed by atoms with van der Waals surface area (Å²) in [5.74, 6) is 1.01. The molecule has 1 amide bonds. The number of likely N-dealkylation sites (tertiary alicyclic amines) is 1. The molecule has 3 heterocycles. The van der Waals surface area contributed by atoms with Crippen molar-refractivity contribution in [2.45, 2.75) is 59.5 Å². The first-order valence-corrected chi connectivity index (χ1v) is 9.21. The zero-order valence-corrected chi connectivity index (χ0v) is 16.1. The number of piperidine rings is 1. The molecule has 0 aliphatic carbocycles. The zero-order valence-electron chi connectivity index (χ0n) is 16.1. The largest absolute Gasteiger partial charge is 0.444 e. The van der Waals surface area contributed by atoms with E-state index < -0.39 is 5.60 Å². The molecule has 2 saturated heterocycles. The number of amides is 1. The average molecular weight is 346 g/mol. The van der Waals surface area contributed by atoms with Crippen LogP contribution in [0.4, 0.5) is 10.6 Å². The van der Waals surface area contributed by atoms with Gasteiger partial charge in [0.1, 0.15) is 5.60 Å². The molecule has 0 unspecified atom stereocenters. The second-order valence-electron chi connectivity index (χ2n) is 8.63. The third kappa shape index (κ3) is 4.05. The Balaban J connectivity index is 1.60. The van der Waals surface area contributed by atoms with Crippen molar-refractivity contribution in [1.82, 2.24) is 15.1 Å². The van der Waals surface area contributed by atoms with Gasteiger partial charge in [-0.2, -0.15) is 5.10 Å². The van der Waals surface area contributed by atoms with Crippen molar-refractivity contribution in [3.05, 3.63) is 17.3 Å². The summed E-state index contributed by atoms with van der Waals surface area (Å²) in [5.41, 5.74) is 2.01. The van der Waals surface area contributed by atoms with Crippen molar-refractivity contribution in [3.8, 4) is 0 Å². The average Bonchev–Trinajstić information content (AvgIpc) is 2.90. The summed E-state index contributed by atoms with van der Waals surface area (Å²) in [4.78, 5) is 16.5. The van der Waals surface area contributed by atoms with E-state index >= 15 is 0 Å². The Morgan fingerprint density at radius 1 is 1.12 bits per heavy atom. The van der Waals surface area contributed by atoms with Gasteiger partial charge in [0.25, 0.3) is 0 Å². The summed E-state index contributed by atoms with van der Waals surface area (Å²) in [5, 5.41) is 8.64. The summed E-state index contributed by atoms with van der Waals surface area (Å²) in [6.45, 7) is 13.4. The molecule has 0 N–H and O–H groups in total. The highest BCUT2D eigenvalue weighted by atomic mass is 16.6. The molecule has 1 spiro atoms. The number of aromatic nitrogens is 2. The van der Waals surface area contributed by atoms with E-state index in [4.69, 9.17) is 4.74 Å². The molecule has 1 aromatic heterocycles. The minimum absolute atomic E-state index is 0.183. The fourth-order valence-electron chi connectivity index (χ4n) is 3.94. The van der Waals surface area contributed by atoms with E-state index in [0.717, 1.165) is 57.0 Å². The molecule has 6 heteroatoms. The Morgan fingerprint density at radius 2 is 1.76 bits per heavy atom. The Bertz CT molecular complexity index is 645. The first-order valence-electron chi connectivity index (χ1n) is 9.21. The standard InChI is InChI=1S/C19H30N4O2/c1-14-12-15(2)20-21-16(14)23-11-8-19(13-23)6-9-22(10-7-19)17(24)25-18(3,4)5/h12H,6-11,13H2,1-5H3. The number of aryl methyl sites for hydroxylation is 2. The van der Waals surface area contributed by atoms with E-state index in [1.54, 1.807) is 0 Å². The van der Waals surface area contributed by atoms with Gasteiger partial charge in [0, 0.05) is 26.2 Å². The number of carbonyl (C=O) groups is 1. The van der Waals surface area contributed by atoms with Gasteiger partial charge in [-0.1, -0.05) is 0 Å². The van der Waals surface area contributed by atoms with Gasteiger partial charge in [-0.15, -0.1) is 5.10 Å². The lowest BCUT2D eigenvalue weighted by atomic mass is 9.78. The van der Waals surface area contributed by atoms with E-state index in [1.165, 1.54) is 5.56 Å². The van der Waals surface area contributed by atoms with Crippen LogP contribution in [0.2, 0.25) is 0 Å². The highest BCUT2D eigenvalue weighted by molar-refractivity contribution is 5.68. The summed E-state index contributed by atoms with van der Waals surface area (Å²) >= 11 is 0. The molecule has 25 heavy (non-hydrogen) atoms. The van der Waals surface area contributed by atoms with Gasteiger partial charge < -0.3 is 14.5 Å². The summed E-state index contributed by atoms with van der Waals surface area (Å²) in [7, 11) is 0. The van der Waals surface area contributed by atoms with Crippen molar-refractivity contribution in [1.29, 1.82) is 0 Å². The highest BCUT2D eigenvalue weighted by Gasteiger charge is 2.42. The third-order valence-electron chi connectivity index (χ3n) is 5.29. The van der Waals surface area contributed by atoms with E-state index in [0.29, 0.717) is 0 Å². The molecule has 2 fully saturated rings. The maximum absolute atomic E-state index is 12.3. The van der Waals surface area contributed by atoms with Crippen molar-refractivity contribution in [2.75, 3.05) is 31.1 Å². The van der Waals surface area contributed by atoms with Gasteiger partial charge in [0.05, 0.1) is 5.69 Å². The van der Waals surface area contributed by atoms with Crippen LogP contribution in [0.25, 0.3) is 0 Å². The minimum atomic E-state index is -0.433. The van der Waals surface area contributed by atoms with Gasteiger partial charge in [0.15, 0.2) is 5.82 Å². The molecule has 0 aromatic carbocycles. The van der Waals surface area contributed by atoms with Crippen LogP contribution < -0.4 is 4.90 Å². The van der Waals surface area contributed by atoms with Gasteiger partial charge in [-0.05, 0) is 70.9 Å². The van der Waals surface area contributed by atoms with E-state index in [1.807, 2.05) is 32.6 Å². The summed E-state index contributed by atoms with van der Waals surface area (Å²) < 4.78 is 5.50. The van der Waals surface area contributed by atoms with Crippen LogP contribution in [0.15, 0.2) is 6.07 Å². The van der Waals surface area contributed by atoms with Crippen molar-refractivity contribution in [2.24, 2.45) is 5.41 Å². The van der Waals surface area contributed by atoms with E-state index in [9.17, 15) is 4.79 Å². The van der Waals surface area contributed by atoms with Crippen molar-refractivity contribution < 1.29 is 9.53 Å². The molecule has 0 radical (unpaired) electrons. The quantitative estimate of drug-likeness (QED) is 0.781. The maximum atomic E-state index is 12.3. The molecular weight excluding hydrogens is 316 g/mol. The van der Waals surface area contributed by atoms with Crippen LogP contribution in [0.3, 0.4) is 0 Å². The molecule has 138 valence electrons. The normalized spacial score (nSPS) is 20.2. The van der Waals surface area contributed by atoms with Gasteiger partial charge >= 0.3 is 6.09 Å². The highest BCUT2D eigenvalue weighted by Crippen LogP contribution is 2.42. The molecule has 2 aliphatic rings. The molecule has 0 bridgehead atoms. The number of nitrogens with zero attached hydrogens (tertiary/aromatic N) is 4. The summed E-state index contributed by atoms with van der Waals surface area (Å²) in [6, 6.07) is 2.10. The SMILES string of the molecule is Cc1cc(C)c(N2CCC3(CCN(C(=O)OC(C)(C)C)CC3)C2)nn1. The van der Waals surface area contributed by atoms with Gasteiger partial charge in [0.2, 0.25) is 0 Å². The van der Waals surface area contributed by atoms with Crippen molar-refractivity contribution in [3.63, 3.8) is 0 Å². The number of hydrogen-bond acceptors (Lipinski definition) is 5. The monoisotopic (exact) mass is 346 g/mol. The molecule has 0 saturated carbocycles. The molecule has 3 rings (SSSR count). The van der Waals surface area contributed by atoms with Crippen LogP contribution >= 0.6 is 0 Å². The predicted octanol–water partition coefficient (Wildman–Crippen LogP) is 3.32. The number of carbonyl (C=O) groups excluding carboxylic acids is 1. The van der Waals surface area contributed by atoms with Crippen LogP contribution in [0.5, 0.6) is 0 Å². The topological polar surface area (TPSA) is 58.6 Å². The fourth-order valence-corrected chi connectivity index (χ4v) is 3.94. The Morgan fingerprint density at radius 3 is 2.36 bits per heavy atom. The summed E-state index contributed by atoms with van der Waals surface area (Å²) in [6.07, 6.45) is 3.03. The Hall–Kier alpha value is -1.85. The Kier molecular flexibility index (Phi) is 4.64.